The molecule has 0 saturated carbocycles. The summed E-state index contributed by atoms with van der Waals surface area (Å²) in [7, 11) is 0. The standard InChI is InChI=1S/C46H27N3/c1-2-10-40-36(9-1)45-34-22-18-30(32-20-16-29-15-14-27-7-5-8-28-17-21-33(32)44(29)43(27)28)25-37(34)38-26-31(19-23-35(38)46(45)49-40)39-12-6-13-42(48-39)41-11-3-4-24-47-41/h1-26,49H. The lowest BCUT2D eigenvalue weighted by Gasteiger charge is -2.15. The van der Waals surface area contributed by atoms with E-state index >= 15 is 0 Å². The van der Waals surface area contributed by atoms with Gasteiger partial charge in [-0.15, -0.1) is 0 Å². The van der Waals surface area contributed by atoms with Crippen molar-refractivity contribution in [2.75, 3.05) is 0 Å². The molecular weight excluding hydrogens is 595 g/mol. The number of aromatic amines is 1. The van der Waals surface area contributed by atoms with Gasteiger partial charge in [-0.3, -0.25) is 4.98 Å². The van der Waals surface area contributed by atoms with Gasteiger partial charge in [0.15, 0.2) is 0 Å². The van der Waals surface area contributed by atoms with Crippen molar-refractivity contribution in [3.8, 4) is 33.8 Å². The predicted octanol–water partition coefficient (Wildman–Crippen LogP) is 12.3. The van der Waals surface area contributed by atoms with Crippen molar-refractivity contribution in [2.24, 2.45) is 0 Å². The maximum atomic E-state index is 5.07. The largest absolute Gasteiger partial charge is 0.354 e. The third-order valence-corrected chi connectivity index (χ3v) is 10.4. The van der Waals surface area contributed by atoms with E-state index in [2.05, 4.69) is 137 Å². The zero-order valence-corrected chi connectivity index (χ0v) is 26.4. The van der Waals surface area contributed by atoms with E-state index in [0.717, 1.165) is 28.2 Å². The molecule has 3 nitrogen and oxygen atoms in total. The van der Waals surface area contributed by atoms with E-state index in [-0.39, 0.29) is 0 Å². The molecule has 226 valence electrons. The molecule has 49 heavy (non-hydrogen) atoms. The monoisotopic (exact) mass is 621 g/mol. The van der Waals surface area contributed by atoms with Crippen LogP contribution in [0.5, 0.6) is 0 Å². The summed E-state index contributed by atoms with van der Waals surface area (Å²) in [5.41, 5.74) is 8.52. The lowest BCUT2D eigenvalue weighted by Crippen LogP contribution is -1.91. The van der Waals surface area contributed by atoms with Crippen molar-refractivity contribution in [3.05, 3.63) is 158 Å². The highest BCUT2D eigenvalue weighted by atomic mass is 14.8. The van der Waals surface area contributed by atoms with Gasteiger partial charge in [0.05, 0.1) is 22.6 Å². The van der Waals surface area contributed by atoms with Gasteiger partial charge in [-0.05, 0) is 102 Å². The first kappa shape index (κ1) is 26.5. The molecule has 0 aliphatic rings. The van der Waals surface area contributed by atoms with Crippen LogP contribution in [-0.2, 0) is 0 Å². The topological polar surface area (TPSA) is 41.6 Å². The van der Waals surface area contributed by atoms with Crippen LogP contribution >= 0.6 is 0 Å². The number of rotatable bonds is 3. The van der Waals surface area contributed by atoms with Crippen LogP contribution in [0.1, 0.15) is 0 Å². The SMILES string of the molecule is c1ccc(-c2cccc(-c3ccc4c(c3)c3cc(-c5ccc6ccc7cccc8ccc5c6c78)ccc3c3c5ccccc5[nH]c43)n2)nc1. The molecule has 0 radical (unpaired) electrons. The number of pyridine rings is 2. The van der Waals surface area contributed by atoms with Crippen molar-refractivity contribution in [1.82, 2.24) is 15.0 Å². The number of benzene rings is 8. The number of nitrogens with one attached hydrogen (secondary N) is 1. The molecule has 3 aromatic heterocycles. The summed E-state index contributed by atoms with van der Waals surface area (Å²) in [6, 6.07) is 54.9. The van der Waals surface area contributed by atoms with Crippen molar-refractivity contribution in [1.29, 1.82) is 0 Å². The molecule has 11 rings (SSSR count). The van der Waals surface area contributed by atoms with E-state index < -0.39 is 0 Å². The van der Waals surface area contributed by atoms with E-state index in [0.29, 0.717) is 0 Å². The average molecular weight is 622 g/mol. The lowest BCUT2D eigenvalue weighted by molar-refractivity contribution is 1.25. The highest BCUT2D eigenvalue weighted by molar-refractivity contribution is 6.32. The normalized spacial score (nSPS) is 12.1. The molecule has 8 aromatic carbocycles. The Hall–Kier alpha value is -6.58. The second-order valence-corrected chi connectivity index (χ2v) is 13.0. The number of nitrogens with zero attached hydrogens (tertiary/aromatic N) is 2. The van der Waals surface area contributed by atoms with Gasteiger partial charge in [-0.1, -0.05) is 109 Å². The summed E-state index contributed by atoms with van der Waals surface area (Å²) >= 11 is 0. The first-order chi connectivity index (χ1) is 24.3. The van der Waals surface area contributed by atoms with Crippen molar-refractivity contribution >= 4 is 75.7 Å². The van der Waals surface area contributed by atoms with E-state index in [9.17, 15) is 0 Å². The molecule has 0 spiro atoms. The van der Waals surface area contributed by atoms with Gasteiger partial charge in [0.1, 0.15) is 0 Å². The Morgan fingerprint density at radius 1 is 0.388 bits per heavy atom. The molecule has 0 fully saturated rings. The summed E-state index contributed by atoms with van der Waals surface area (Å²) in [5.74, 6) is 0. The molecular formula is C46H27N3. The van der Waals surface area contributed by atoms with Crippen LogP contribution in [-0.4, -0.2) is 15.0 Å². The molecule has 3 heterocycles. The summed E-state index contributed by atoms with van der Waals surface area (Å²) in [6.45, 7) is 0. The minimum atomic E-state index is 0.866. The van der Waals surface area contributed by atoms with Crippen LogP contribution in [0, 0.1) is 0 Å². The minimum absolute atomic E-state index is 0.866. The van der Waals surface area contributed by atoms with Crippen LogP contribution < -0.4 is 0 Å². The summed E-state index contributed by atoms with van der Waals surface area (Å²) in [5, 5.41) is 15.2. The molecule has 11 aromatic rings. The fraction of sp³-hybridized carbons (Fsp3) is 0. The summed E-state index contributed by atoms with van der Waals surface area (Å²) in [6.07, 6.45) is 1.82. The molecule has 3 heteroatoms. The van der Waals surface area contributed by atoms with Gasteiger partial charge >= 0.3 is 0 Å². The molecule has 0 atom stereocenters. The highest BCUT2D eigenvalue weighted by Crippen LogP contribution is 2.44. The second kappa shape index (κ2) is 9.96. The zero-order chi connectivity index (χ0) is 32.1. The Labute approximate surface area is 281 Å². The molecule has 0 aliphatic heterocycles. The number of para-hydroxylation sites is 1. The number of hydrogen-bond donors (Lipinski definition) is 1. The Kier molecular flexibility index (Phi) is 5.38. The van der Waals surface area contributed by atoms with Crippen LogP contribution in [0.4, 0.5) is 0 Å². The maximum absolute atomic E-state index is 5.07. The van der Waals surface area contributed by atoms with Gasteiger partial charge in [0.25, 0.3) is 0 Å². The van der Waals surface area contributed by atoms with Crippen LogP contribution in [0.25, 0.3) is 109 Å². The maximum Gasteiger partial charge on any atom is 0.0893 e. The van der Waals surface area contributed by atoms with Crippen LogP contribution in [0.2, 0.25) is 0 Å². The number of H-pyrrole nitrogens is 1. The third-order valence-electron chi connectivity index (χ3n) is 10.4. The fourth-order valence-electron chi connectivity index (χ4n) is 8.16. The Balaban J connectivity index is 1.20. The number of aromatic nitrogens is 3. The van der Waals surface area contributed by atoms with E-state index in [4.69, 9.17) is 4.98 Å². The second-order valence-electron chi connectivity index (χ2n) is 13.0. The molecule has 0 saturated heterocycles. The Morgan fingerprint density at radius 3 is 1.96 bits per heavy atom. The first-order valence-electron chi connectivity index (χ1n) is 16.7. The molecule has 0 amide bonds. The van der Waals surface area contributed by atoms with Gasteiger partial charge in [0.2, 0.25) is 0 Å². The zero-order valence-electron chi connectivity index (χ0n) is 26.4. The predicted molar refractivity (Wildman–Crippen MR) is 206 cm³/mol. The number of hydrogen-bond acceptors (Lipinski definition) is 2. The van der Waals surface area contributed by atoms with Crippen molar-refractivity contribution < 1.29 is 0 Å². The van der Waals surface area contributed by atoms with Crippen LogP contribution in [0.3, 0.4) is 0 Å². The fourth-order valence-corrected chi connectivity index (χ4v) is 8.16. The molecule has 0 bridgehead atoms. The smallest absolute Gasteiger partial charge is 0.0893 e. The summed E-state index contributed by atoms with van der Waals surface area (Å²) < 4.78 is 0. The minimum Gasteiger partial charge on any atom is -0.354 e. The van der Waals surface area contributed by atoms with Crippen LogP contribution in [0.15, 0.2) is 158 Å². The third kappa shape index (κ3) is 3.84. The molecule has 0 unspecified atom stereocenters. The van der Waals surface area contributed by atoms with E-state index in [1.54, 1.807) is 0 Å². The quantitative estimate of drug-likeness (QED) is 0.199. The van der Waals surface area contributed by atoms with Gasteiger partial charge in [-0.2, -0.15) is 0 Å². The number of fused-ring (bicyclic) bond motifs is 8. The van der Waals surface area contributed by atoms with Crippen molar-refractivity contribution in [3.63, 3.8) is 0 Å². The van der Waals surface area contributed by atoms with Gasteiger partial charge < -0.3 is 4.98 Å². The van der Waals surface area contributed by atoms with E-state index in [1.165, 1.54) is 81.3 Å². The lowest BCUT2D eigenvalue weighted by atomic mass is 9.88. The summed E-state index contributed by atoms with van der Waals surface area (Å²) in [4.78, 5) is 13.4. The van der Waals surface area contributed by atoms with Crippen molar-refractivity contribution in [2.45, 2.75) is 0 Å². The van der Waals surface area contributed by atoms with Gasteiger partial charge in [0, 0.05) is 33.4 Å². The van der Waals surface area contributed by atoms with Gasteiger partial charge in [-0.25, -0.2) is 4.98 Å². The Bertz CT molecular complexity index is 3080. The molecule has 1 N–H and O–H groups in total. The first-order valence-corrected chi connectivity index (χ1v) is 16.7. The Morgan fingerprint density at radius 2 is 1.06 bits per heavy atom. The highest BCUT2D eigenvalue weighted by Gasteiger charge is 2.17. The van der Waals surface area contributed by atoms with E-state index in [1.807, 2.05) is 30.5 Å². The molecule has 0 aliphatic carbocycles. The average Bonchev–Trinajstić information content (AvgIpc) is 3.57.